The normalized spacial score (nSPS) is 26.9. The molecule has 0 spiro atoms. The van der Waals surface area contributed by atoms with E-state index in [0.717, 1.165) is 31.4 Å². The Morgan fingerprint density at radius 2 is 2.14 bits per heavy atom. The highest BCUT2D eigenvalue weighted by Gasteiger charge is 2.58. The number of hydrogen-bond acceptors (Lipinski definition) is 3. The number of rotatable bonds is 7. The van der Waals surface area contributed by atoms with Crippen molar-refractivity contribution in [1.29, 1.82) is 0 Å². The van der Waals surface area contributed by atoms with Gasteiger partial charge in [0.1, 0.15) is 0 Å². The number of aryl methyl sites for hydroxylation is 1. The summed E-state index contributed by atoms with van der Waals surface area (Å²) >= 11 is 0. The number of aromatic nitrogens is 2. The van der Waals surface area contributed by atoms with Crippen LogP contribution < -0.4 is 5.32 Å². The van der Waals surface area contributed by atoms with Gasteiger partial charge < -0.3 is 5.32 Å². The molecular formula is C23H30N4O. The third-order valence-corrected chi connectivity index (χ3v) is 6.60. The van der Waals surface area contributed by atoms with Crippen molar-refractivity contribution in [2.45, 2.75) is 51.2 Å². The Kier molecular flexibility index (Phi) is 5.36. The van der Waals surface area contributed by atoms with Crippen LogP contribution in [0.2, 0.25) is 0 Å². The van der Waals surface area contributed by atoms with Gasteiger partial charge in [0.15, 0.2) is 0 Å². The van der Waals surface area contributed by atoms with Crippen molar-refractivity contribution < 1.29 is 4.79 Å². The van der Waals surface area contributed by atoms with Crippen LogP contribution in [0.5, 0.6) is 0 Å². The van der Waals surface area contributed by atoms with Crippen LogP contribution in [0.25, 0.3) is 6.08 Å². The molecule has 0 unspecified atom stereocenters. The van der Waals surface area contributed by atoms with E-state index in [4.69, 9.17) is 0 Å². The zero-order valence-corrected chi connectivity index (χ0v) is 16.8. The number of fused-ring (bicyclic) bond motifs is 2. The molecule has 2 fully saturated rings. The standard InChI is InChI=1S/C23H30N4O/c1-3-23(22(28)24-15-19-16-25-26(2)17-19)14-20-11-12-21(23)27(20)13-7-10-18-8-5-4-6-9-18/h4-10,16-17,20-21H,3,11-15H2,1-2H3,(H,24,28)/t20-,21+,23+/m0/s1. The summed E-state index contributed by atoms with van der Waals surface area (Å²) in [4.78, 5) is 15.8. The number of amides is 1. The highest BCUT2D eigenvalue weighted by Crippen LogP contribution is 2.51. The second-order valence-electron chi connectivity index (χ2n) is 8.18. The molecule has 2 aromatic rings. The Hall–Kier alpha value is -2.40. The lowest BCUT2D eigenvalue weighted by molar-refractivity contribution is -0.133. The maximum Gasteiger partial charge on any atom is 0.228 e. The zero-order valence-electron chi connectivity index (χ0n) is 16.8. The van der Waals surface area contributed by atoms with Crippen LogP contribution >= 0.6 is 0 Å². The highest BCUT2D eigenvalue weighted by atomic mass is 16.2. The second-order valence-corrected chi connectivity index (χ2v) is 8.18. The number of nitrogens with zero attached hydrogens (tertiary/aromatic N) is 3. The Morgan fingerprint density at radius 3 is 2.86 bits per heavy atom. The molecule has 2 aliphatic rings. The van der Waals surface area contributed by atoms with E-state index in [1.54, 1.807) is 4.68 Å². The molecule has 148 valence electrons. The molecule has 0 radical (unpaired) electrons. The second kappa shape index (κ2) is 7.92. The molecule has 5 nitrogen and oxygen atoms in total. The lowest BCUT2D eigenvalue weighted by Gasteiger charge is -2.35. The predicted octanol–water partition coefficient (Wildman–Crippen LogP) is 3.38. The van der Waals surface area contributed by atoms with Gasteiger partial charge >= 0.3 is 0 Å². The fourth-order valence-corrected chi connectivity index (χ4v) is 5.16. The molecule has 3 atom stereocenters. The Balaban J connectivity index is 1.42. The van der Waals surface area contributed by atoms with E-state index in [9.17, 15) is 4.79 Å². The first-order valence-corrected chi connectivity index (χ1v) is 10.4. The summed E-state index contributed by atoms with van der Waals surface area (Å²) in [7, 11) is 1.90. The fourth-order valence-electron chi connectivity index (χ4n) is 5.16. The van der Waals surface area contributed by atoms with Crippen LogP contribution in [-0.4, -0.2) is 39.2 Å². The number of hydrogen-bond donors (Lipinski definition) is 1. The van der Waals surface area contributed by atoms with Gasteiger partial charge in [-0.3, -0.25) is 14.4 Å². The van der Waals surface area contributed by atoms with Crippen molar-refractivity contribution in [3.8, 4) is 0 Å². The van der Waals surface area contributed by atoms with Gasteiger partial charge in [-0.2, -0.15) is 5.10 Å². The van der Waals surface area contributed by atoms with Crippen molar-refractivity contribution in [2.24, 2.45) is 12.5 Å². The first-order chi connectivity index (χ1) is 13.6. The molecular weight excluding hydrogens is 348 g/mol. The largest absolute Gasteiger partial charge is 0.351 e. The summed E-state index contributed by atoms with van der Waals surface area (Å²) in [5, 5.41) is 7.38. The average Bonchev–Trinajstić information content (AvgIpc) is 3.40. The van der Waals surface area contributed by atoms with Gasteiger partial charge in [-0.15, -0.1) is 0 Å². The van der Waals surface area contributed by atoms with Gasteiger partial charge in [-0.25, -0.2) is 0 Å². The summed E-state index contributed by atoms with van der Waals surface area (Å²) in [6.07, 6.45) is 12.4. The molecule has 2 saturated heterocycles. The van der Waals surface area contributed by atoms with E-state index < -0.39 is 0 Å². The van der Waals surface area contributed by atoms with Gasteiger partial charge in [-0.05, 0) is 31.2 Å². The Bertz CT molecular complexity index is 843. The Morgan fingerprint density at radius 1 is 1.32 bits per heavy atom. The zero-order chi connectivity index (χ0) is 19.6. The third-order valence-electron chi connectivity index (χ3n) is 6.60. The third kappa shape index (κ3) is 3.51. The summed E-state index contributed by atoms with van der Waals surface area (Å²) in [5.41, 5.74) is 2.02. The molecule has 4 rings (SSSR count). The summed E-state index contributed by atoms with van der Waals surface area (Å²) in [6.45, 7) is 3.64. The number of carbonyl (C=O) groups is 1. The molecule has 1 aromatic heterocycles. The SMILES string of the molecule is CC[C@@]1(C(=O)NCc2cnn(C)c2)C[C@@H]2CC[C@H]1N2CC=Cc1ccccc1. The molecule has 0 saturated carbocycles. The maximum atomic E-state index is 13.2. The minimum atomic E-state index is -0.258. The van der Waals surface area contributed by atoms with Crippen LogP contribution in [0.3, 0.4) is 0 Å². The number of benzene rings is 1. The van der Waals surface area contributed by atoms with E-state index in [0.29, 0.717) is 18.6 Å². The van der Waals surface area contributed by atoms with E-state index in [1.807, 2.05) is 25.5 Å². The van der Waals surface area contributed by atoms with Gasteiger partial charge in [0.25, 0.3) is 0 Å². The van der Waals surface area contributed by atoms with Crippen LogP contribution in [0.4, 0.5) is 0 Å². The summed E-state index contributed by atoms with van der Waals surface area (Å²) in [6, 6.07) is 11.3. The van der Waals surface area contributed by atoms with Crippen LogP contribution in [0.15, 0.2) is 48.8 Å². The molecule has 1 aromatic carbocycles. The van der Waals surface area contributed by atoms with Crippen LogP contribution in [0.1, 0.15) is 43.7 Å². The summed E-state index contributed by atoms with van der Waals surface area (Å²) in [5.74, 6) is 0.211. The molecule has 2 bridgehead atoms. The van der Waals surface area contributed by atoms with Gasteiger partial charge in [0.05, 0.1) is 11.6 Å². The first kappa shape index (κ1) is 18.9. The number of carbonyl (C=O) groups excluding carboxylic acids is 1. The average molecular weight is 379 g/mol. The van der Waals surface area contributed by atoms with Crippen molar-refractivity contribution in [2.75, 3.05) is 6.54 Å². The smallest absolute Gasteiger partial charge is 0.228 e. The minimum Gasteiger partial charge on any atom is -0.351 e. The van der Waals surface area contributed by atoms with Gasteiger partial charge in [0, 0.05) is 44.0 Å². The van der Waals surface area contributed by atoms with E-state index in [1.165, 1.54) is 12.0 Å². The Labute approximate surface area is 167 Å². The molecule has 1 N–H and O–H groups in total. The van der Waals surface area contributed by atoms with E-state index in [2.05, 4.69) is 58.7 Å². The first-order valence-electron chi connectivity index (χ1n) is 10.4. The lowest BCUT2D eigenvalue weighted by Crippen LogP contribution is -2.48. The quantitative estimate of drug-likeness (QED) is 0.804. The molecule has 2 aliphatic heterocycles. The van der Waals surface area contributed by atoms with Crippen LogP contribution in [0, 0.1) is 5.41 Å². The van der Waals surface area contributed by atoms with Gasteiger partial charge in [0.2, 0.25) is 5.91 Å². The minimum absolute atomic E-state index is 0.211. The summed E-state index contributed by atoms with van der Waals surface area (Å²) < 4.78 is 1.77. The molecule has 0 aliphatic carbocycles. The van der Waals surface area contributed by atoms with Crippen LogP contribution in [-0.2, 0) is 18.4 Å². The number of nitrogens with one attached hydrogen (secondary N) is 1. The van der Waals surface area contributed by atoms with E-state index in [-0.39, 0.29) is 11.3 Å². The molecule has 5 heteroatoms. The monoisotopic (exact) mass is 378 g/mol. The topological polar surface area (TPSA) is 50.2 Å². The highest BCUT2D eigenvalue weighted by molar-refractivity contribution is 5.84. The molecule has 28 heavy (non-hydrogen) atoms. The van der Waals surface area contributed by atoms with Crippen molar-refractivity contribution in [3.05, 3.63) is 59.9 Å². The lowest BCUT2D eigenvalue weighted by atomic mass is 9.71. The maximum absolute atomic E-state index is 13.2. The van der Waals surface area contributed by atoms with E-state index >= 15 is 0 Å². The van der Waals surface area contributed by atoms with Gasteiger partial charge in [-0.1, -0.05) is 49.4 Å². The van der Waals surface area contributed by atoms with Crippen molar-refractivity contribution in [1.82, 2.24) is 20.0 Å². The van der Waals surface area contributed by atoms with Crippen molar-refractivity contribution >= 4 is 12.0 Å². The molecule has 3 heterocycles. The fraction of sp³-hybridized carbons (Fsp3) is 0.478. The van der Waals surface area contributed by atoms with Crippen molar-refractivity contribution in [3.63, 3.8) is 0 Å². The molecule has 1 amide bonds. The predicted molar refractivity (Wildman–Crippen MR) is 111 cm³/mol.